The fourth-order valence-corrected chi connectivity index (χ4v) is 1.95. The van der Waals surface area contributed by atoms with Gasteiger partial charge in [-0.15, -0.1) is 0 Å². The Hall–Kier alpha value is -0.0400. The molecule has 0 radical (unpaired) electrons. The molecule has 4 atom stereocenters. The van der Waals surface area contributed by atoms with E-state index in [0.29, 0.717) is 12.5 Å². The molecule has 2 aliphatic rings. The van der Waals surface area contributed by atoms with Crippen LogP contribution in [0.25, 0.3) is 0 Å². The number of hydrogen-bond donors (Lipinski definition) is 1. The van der Waals surface area contributed by atoms with Gasteiger partial charge in [0.05, 0.1) is 0 Å². The highest BCUT2D eigenvalue weighted by atomic mass is 16.3. The van der Waals surface area contributed by atoms with Crippen LogP contribution in [0, 0.1) is 23.7 Å². The van der Waals surface area contributed by atoms with E-state index in [1.807, 2.05) is 0 Å². The van der Waals surface area contributed by atoms with Gasteiger partial charge >= 0.3 is 0 Å². The van der Waals surface area contributed by atoms with Gasteiger partial charge in [-0.2, -0.15) is 0 Å². The molecule has 0 aliphatic heterocycles. The first-order valence-electron chi connectivity index (χ1n) is 3.93. The maximum absolute atomic E-state index is 8.74. The standard InChI is InChI=1S/C8H14O/c1-5-2-7(5)8-3-6(8)4-9/h5-9H,2-4H2,1H3. The maximum Gasteiger partial charge on any atom is 0.0462 e. The van der Waals surface area contributed by atoms with Gasteiger partial charge in [-0.3, -0.25) is 0 Å². The third kappa shape index (κ3) is 0.877. The molecule has 0 aromatic carbocycles. The van der Waals surface area contributed by atoms with E-state index in [1.165, 1.54) is 12.8 Å². The average Bonchev–Trinajstić information content (AvgIpc) is 2.61. The van der Waals surface area contributed by atoms with Crippen molar-refractivity contribution in [3.05, 3.63) is 0 Å². The largest absolute Gasteiger partial charge is 0.396 e. The minimum Gasteiger partial charge on any atom is -0.396 e. The van der Waals surface area contributed by atoms with Crippen LogP contribution in [0.4, 0.5) is 0 Å². The lowest BCUT2D eigenvalue weighted by Crippen LogP contribution is -1.90. The summed E-state index contributed by atoms with van der Waals surface area (Å²) in [6.45, 7) is 2.76. The number of rotatable bonds is 2. The van der Waals surface area contributed by atoms with Crippen LogP contribution in [0.15, 0.2) is 0 Å². The zero-order valence-corrected chi connectivity index (χ0v) is 5.88. The van der Waals surface area contributed by atoms with E-state index in [1.54, 1.807) is 0 Å². The van der Waals surface area contributed by atoms with E-state index >= 15 is 0 Å². The van der Waals surface area contributed by atoms with E-state index in [2.05, 4.69) is 6.92 Å². The van der Waals surface area contributed by atoms with E-state index in [-0.39, 0.29) is 0 Å². The Morgan fingerprint density at radius 3 is 2.33 bits per heavy atom. The molecule has 0 aromatic rings. The summed E-state index contributed by atoms with van der Waals surface area (Å²) >= 11 is 0. The predicted molar refractivity (Wildman–Crippen MR) is 36.0 cm³/mol. The van der Waals surface area contributed by atoms with Crippen LogP contribution < -0.4 is 0 Å². The summed E-state index contributed by atoms with van der Waals surface area (Å²) < 4.78 is 0. The monoisotopic (exact) mass is 126 g/mol. The molecule has 0 spiro atoms. The minimum absolute atomic E-state index is 0.438. The summed E-state index contributed by atoms with van der Waals surface area (Å²) in [7, 11) is 0. The van der Waals surface area contributed by atoms with Gasteiger partial charge < -0.3 is 5.11 Å². The highest BCUT2D eigenvalue weighted by Gasteiger charge is 2.50. The summed E-state index contributed by atoms with van der Waals surface area (Å²) in [6.07, 6.45) is 2.74. The van der Waals surface area contributed by atoms with Crippen molar-refractivity contribution < 1.29 is 5.11 Å². The molecule has 4 unspecified atom stereocenters. The van der Waals surface area contributed by atoms with Gasteiger partial charge in [0.25, 0.3) is 0 Å². The Bertz CT molecular complexity index is 122. The van der Waals surface area contributed by atoms with Crippen LogP contribution in [0.2, 0.25) is 0 Å². The Labute approximate surface area is 56.1 Å². The maximum atomic E-state index is 8.74. The van der Waals surface area contributed by atoms with Gasteiger partial charge in [0, 0.05) is 6.61 Å². The molecule has 1 N–H and O–H groups in total. The number of hydrogen-bond acceptors (Lipinski definition) is 1. The highest BCUT2D eigenvalue weighted by Crippen LogP contribution is 2.57. The first-order valence-corrected chi connectivity index (χ1v) is 3.93. The van der Waals surface area contributed by atoms with Gasteiger partial charge in [0.15, 0.2) is 0 Å². The summed E-state index contributed by atoms with van der Waals surface area (Å²) in [5, 5.41) is 8.74. The molecule has 2 aliphatic carbocycles. The zero-order chi connectivity index (χ0) is 6.43. The molecule has 9 heavy (non-hydrogen) atoms. The molecule has 0 saturated heterocycles. The second-order valence-electron chi connectivity index (χ2n) is 3.72. The fraction of sp³-hybridized carbons (Fsp3) is 1.00. The number of aliphatic hydroxyl groups is 1. The second-order valence-corrected chi connectivity index (χ2v) is 3.72. The van der Waals surface area contributed by atoms with Crippen LogP contribution in [0.1, 0.15) is 19.8 Å². The van der Waals surface area contributed by atoms with E-state index in [4.69, 9.17) is 5.11 Å². The predicted octanol–water partition coefficient (Wildman–Crippen LogP) is 1.27. The summed E-state index contributed by atoms with van der Waals surface area (Å²) in [4.78, 5) is 0. The minimum atomic E-state index is 0.438. The molecule has 0 amide bonds. The molecular weight excluding hydrogens is 112 g/mol. The van der Waals surface area contributed by atoms with Crippen molar-refractivity contribution in [2.24, 2.45) is 23.7 Å². The topological polar surface area (TPSA) is 20.2 Å². The lowest BCUT2D eigenvalue weighted by atomic mass is 10.2. The smallest absolute Gasteiger partial charge is 0.0462 e. The van der Waals surface area contributed by atoms with Crippen molar-refractivity contribution in [2.45, 2.75) is 19.8 Å². The molecule has 2 fully saturated rings. The van der Waals surface area contributed by atoms with Crippen LogP contribution >= 0.6 is 0 Å². The Kier molecular flexibility index (Phi) is 1.10. The molecular formula is C8H14O. The van der Waals surface area contributed by atoms with Crippen LogP contribution in [0.3, 0.4) is 0 Å². The number of aliphatic hydroxyl groups excluding tert-OH is 1. The molecule has 1 heteroatoms. The van der Waals surface area contributed by atoms with Gasteiger partial charge in [0.2, 0.25) is 0 Å². The second kappa shape index (κ2) is 1.72. The lowest BCUT2D eigenvalue weighted by molar-refractivity contribution is 0.265. The average molecular weight is 126 g/mol. The Balaban J connectivity index is 1.79. The van der Waals surface area contributed by atoms with Crippen molar-refractivity contribution in [1.82, 2.24) is 0 Å². The quantitative estimate of drug-likeness (QED) is 0.590. The molecule has 52 valence electrons. The van der Waals surface area contributed by atoms with Crippen molar-refractivity contribution >= 4 is 0 Å². The first-order chi connectivity index (χ1) is 4.33. The SMILES string of the molecule is CC1CC1C1CC1CO. The summed E-state index contributed by atoms with van der Waals surface area (Å²) in [5.74, 6) is 3.60. The fourth-order valence-electron chi connectivity index (χ4n) is 1.95. The van der Waals surface area contributed by atoms with Crippen LogP contribution in [-0.4, -0.2) is 11.7 Å². The van der Waals surface area contributed by atoms with Crippen molar-refractivity contribution in [3.63, 3.8) is 0 Å². The third-order valence-electron chi connectivity index (χ3n) is 2.93. The molecule has 2 saturated carbocycles. The molecule has 1 nitrogen and oxygen atoms in total. The van der Waals surface area contributed by atoms with E-state index in [0.717, 1.165) is 17.8 Å². The molecule has 0 heterocycles. The molecule has 0 bridgehead atoms. The zero-order valence-electron chi connectivity index (χ0n) is 5.88. The normalized spacial score (nSPS) is 55.3. The summed E-state index contributed by atoms with van der Waals surface area (Å²) in [5.41, 5.74) is 0. The molecule has 2 rings (SSSR count). The Morgan fingerprint density at radius 1 is 1.33 bits per heavy atom. The Morgan fingerprint density at radius 2 is 2.00 bits per heavy atom. The van der Waals surface area contributed by atoms with Gasteiger partial charge in [-0.25, -0.2) is 0 Å². The highest BCUT2D eigenvalue weighted by molar-refractivity contribution is 4.99. The van der Waals surface area contributed by atoms with E-state index < -0.39 is 0 Å². The van der Waals surface area contributed by atoms with Crippen LogP contribution in [-0.2, 0) is 0 Å². The molecule has 0 aromatic heterocycles. The van der Waals surface area contributed by atoms with Gasteiger partial charge in [-0.05, 0) is 36.5 Å². The lowest BCUT2D eigenvalue weighted by Gasteiger charge is -1.90. The van der Waals surface area contributed by atoms with Crippen molar-refractivity contribution in [2.75, 3.05) is 6.61 Å². The third-order valence-corrected chi connectivity index (χ3v) is 2.93. The van der Waals surface area contributed by atoms with Crippen LogP contribution in [0.5, 0.6) is 0 Å². The van der Waals surface area contributed by atoms with Crippen molar-refractivity contribution in [3.8, 4) is 0 Å². The van der Waals surface area contributed by atoms with Crippen molar-refractivity contribution in [1.29, 1.82) is 0 Å². The van der Waals surface area contributed by atoms with Gasteiger partial charge in [-0.1, -0.05) is 6.92 Å². The summed E-state index contributed by atoms with van der Waals surface area (Å²) in [6, 6.07) is 0. The van der Waals surface area contributed by atoms with E-state index in [9.17, 15) is 0 Å². The first kappa shape index (κ1) is 5.72. The van der Waals surface area contributed by atoms with Gasteiger partial charge in [0.1, 0.15) is 0 Å².